The molecule has 3 nitrogen and oxygen atoms in total. The van der Waals surface area contributed by atoms with Crippen LogP contribution in [-0.2, 0) is 0 Å². The van der Waals surface area contributed by atoms with Crippen LogP contribution in [0.5, 0.6) is 0 Å². The van der Waals surface area contributed by atoms with E-state index in [1.165, 1.54) is 6.20 Å². The zero-order valence-corrected chi connectivity index (χ0v) is 8.50. The van der Waals surface area contributed by atoms with Crippen molar-refractivity contribution in [2.75, 3.05) is 0 Å². The first-order valence-corrected chi connectivity index (χ1v) is 4.63. The lowest BCUT2D eigenvalue weighted by atomic mass is 10.2. The van der Waals surface area contributed by atoms with Gasteiger partial charge in [-0.25, -0.2) is 4.98 Å². The van der Waals surface area contributed by atoms with Crippen molar-refractivity contribution < 1.29 is 0 Å². The highest BCUT2D eigenvalue weighted by Crippen LogP contribution is 2.25. The molecule has 0 unspecified atom stereocenters. The number of aromatic nitrogens is 3. The summed E-state index contributed by atoms with van der Waals surface area (Å²) in [5, 5.41) is 7.98. The van der Waals surface area contributed by atoms with Crippen LogP contribution in [0.1, 0.15) is 0 Å². The fraction of sp³-hybridized carbons (Fsp3) is 0. The second-order valence-electron chi connectivity index (χ2n) is 2.59. The van der Waals surface area contributed by atoms with Crippen LogP contribution < -0.4 is 0 Å². The van der Waals surface area contributed by atoms with E-state index in [1.807, 2.05) is 18.2 Å². The lowest BCUT2D eigenvalue weighted by molar-refractivity contribution is 0.975. The number of hydrogen-bond acceptors (Lipinski definition) is 3. The molecule has 70 valence electrons. The molecule has 0 fully saturated rings. The van der Waals surface area contributed by atoms with Gasteiger partial charge in [-0.3, -0.25) is 0 Å². The first-order chi connectivity index (χ1) is 6.77. The van der Waals surface area contributed by atoms with Crippen molar-refractivity contribution >= 4 is 23.2 Å². The summed E-state index contributed by atoms with van der Waals surface area (Å²) in [6.45, 7) is 0. The molecule has 0 aliphatic heterocycles. The second-order valence-corrected chi connectivity index (χ2v) is 3.34. The minimum Gasteiger partial charge on any atom is -0.215 e. The maximum Gasteiger partial charge on any atom is 0.243 e. The summed E-state index contributed by atoms with van der Waals surface area (Å²) in [6, 6.07) is 7.36. The van der Waals surface area contributed by atoms with E-state index in [9.17, 15) is 0 Å². The first-order valence-electron chi connectivity index (χ1n) is 3.87. The van der Waals surface area contributed by atoms with Crippen molar-refractivity contribution in [2.45, 2.75) is 0 Å². The number of nitrogens with zero attached hydrogens (tertiary/aromatic N) is 3. The molecule has 0 bridgehead atoms. The van der Waals surface area contributed by atoms with Gasteiger partial charge in [-0.1, -0.05) is 29.8 Å². The van der Waals surface area contributed by atoms with Gasteiger partial charge in [0.1, 0.15) is 0 Å². The van der Waals surface area contributed by atoms with E-state index < -0.39 is 0 Å². The Morgan fingerprint density at radius 1 is 1.07 bits per heavy atom. The van der Waals surface area contributed by atoms with Gasteiger partial charge in [0, 0.05) is 5.56 Å². The van der Waals surface area contributed by atoms with Crippen LogP contribution in [0, 0.1) is 0 Å². The molecule has 0 aliphatic rings. The number of benzene rings is 1. The van der Waals surface area contributed by atoms with Crippen molar-refractivity contribution in [1.29, 1.82) is 0 Å². The van der Waals surface area contributed by atoms with E-state index in [1.54, 1.807) is 6.07 Å². The van der Waals surface area contributed by atoms with Gasteiger partial charge in [0.25, 0.3) is 0 Å². The van der Waals surface area contributed by atoms with Crippen molar-refractivity contribution in [3.63, 3.8) is 0 Å². The Kier molecular flexibility index (Phi) is 2.61. The van der Waals surface area contributed by atoms with Gasteiger partial charge >= 0.3 is 0 Å². The Morgan fingerprint density at radius 3 is 2.57 bits per heavy atom. The Bertz CT molecular complexity index is 459. The highest BCUT2D eigenvalue weighted by atomic mass is 35.5. The van der Waals surface area contributed by atoms with Crippen LogP contribution >= 0.6 is 23.2 Å². The Balaban J connectivity index is 2.55. The summed E-state index contributed by atoms with van der Waals surface area (Å²) in [5.74, 6) is 0. The Labute approximate surface area is 90.7 Å². The van der Waals surface area contributed by atoms with Crippen molar-refractivity contribution in [1.82, 2.24) is 15.2 Å². The second kappa shape index (κ2) is 3.90. The molecule has 0 spiro atoms. The Hall–Kier alpha value is -1.19. The fourth-order valence-corrected chi connectivity index (χ4v) is 1.45. The van der Waals surface area contributed by atoms with E-state index >= 15 is 0 Å². The van der Waals surface area contributed by atoms with E-state index in [2.05, 4.69) is 15.2 Å². The van der Waals surface area contributed by atoms with Crippen LogP contribution in [0.3, 0.4) is 0 Å². The molecule has 0 amide bonds. The van der Waals surface area contributed by atoms with E-state index in [4.69, 9.17) is 23.2 Å². The third kappa shape index (κ3) is 1.84. The largest absolute Gasteiger partial charge is 0.243 e. The molecule has 14 heavy (non-hydrogen) atoms. The summed E-state index contributed by atoms with van der Waals surface area (Å²) < 4.78 is 0. The van der Waals surface area contributed by atoms with Crippen LogP contribution in [0.25, 0.3) is 11.3 Å². The first kappa shape index (κ1) is 9.37. The average Bonchev–Trinajstić information content (AvgIpc) is 2.18. The topological polar surface area (TPSA) is 38.7 Å². The van der Waals surface area contributed by atoms with Crippen LogP contribution in [0.2, 0.25) is 10.3 Å². The minimum absolute atomic E-state index is 0.113. The van der Waals surface area contributed by atoms with E-state index in [0.29, 0.717) is 10.7 Å². The third-order valence-corrected chi connectivity index (χ3v) is 2.17. The van der Waals surface area contributed by atoms with Gasteiger partial charge in [0.15, 0.2) is 0 Å². The summed E-state index contributed by atoms with van der Waals surface area (Å²) in [4.78, 5) is 4.01. The Morgan fingerprint density at radius 2 is 1.86 bits per heavy atom. The smallest absolute Gasteiger partial charge is 0.215 e. The van der Waals surface area contributed by atoms with E-state index in [-0.39, 0.29) is 5.28 Å². The molecule has 2 aromatic rings. The molecule has 2 rings (SSSR count). The lowest BCUT2D eigenvalue weighted by Crippen LogP contribution is -1.90. The van der Waals surface area contributed by atoms with Crippen molar-refractivity contribution in [3.05, 3.63) is 40.8 Å². The summed E-state index contributed by atoms with van der Waals surface area (Å²) in [6.07, 6.45) is 1.52. The molecule has 0 radical (unpaired) electrons. The van der Waals surface area contributed by atoms with Crippen molar-refractivity contribution in [3.8, 4) is 11.3 Å². The van der Waals surface area contributed by atoms with Gasteiger partial charge in [0.05, 0.1) is 16.9 Å². The molecule has 0 saturated heterocycles. The highest BCUT2D eigenvalue weighted by Gasteiger charge is 2.04. The lowest BCUT2D eigenvalue weighted by Gasteiger charge is -2.01. The molecule has 0 atom stereocenters. The molecular formula is C9H5Cl2N3. The van der Waals surface area contributed by atoms with Gasteiger partial charge in [-0.15, -0.1) is 5.10 Å². The zero-order valence-electron chi connectivity index (χ0n) is 6.98. The van der Waals surface area contributed by atoms with Crippen LogP contribution in [-0.4, -0.2) is 15.2 Å². The number of rotatable bonds is 1. The minimum atomic E-state index is 0.113. The van der Waals surface area contributed by atoms with Crippen molar-refractivity contribution in [2.24, 2.45) is 0 Å². The number of halogens is 2. The van der Waals surface area contributed by atoms with Crippen LogP contribution in [0.4, 0.5) is 0 Å². The van der Waals surface area contributed by atoms with Gasteiger partial charge < -0.3 is 0 Å². The van der Waals surface area contributed by atoms with E-state index in [0.717, 1.165) is 5.56 Å². The SMILES string of the molecule is Clc1nncc(-c2ccccc2Cl)n1. The summed E-state index contributed by atoms with van der Waals surface area (Å²) in [7, 11) is 0. The molecule has 1 aromatic heterocycles. The molecule has 5 heteroatoms. The van der Waals surface area contributed by atoms with Crippen LogP contribution in [0.15, 0.2) is 30.5 Å². The summed E-state index contributed by atoms with van der Waals surface area (Å²) in [5.41, 5.74) is 1.42. The molecule has 1 aromatic carbocycles. The van der Waals surface area contributed by atoms with Gasteiger partial charge in [0.2, 0.25) is 5.28 Å². The van der Waals surface area contributed by atoms with Gasteiger partial charge in [-0.2, -0.15) is 5.10 Å². The third-order valence-electron chi connectivity index (χ3n) is 1.68. The average molecular weight is 226 g/mol. The molecular weight excluding hydrogens is 221 g/mol. The fourth-order valence-electron chi connectivity index (χ4n) is 1.08. The monoisotopic (exact) mass is 225 g/mol. The maximum atomic E-state index is 5.98. The normalized spacial score (nSPS) is 10.1. The van der Waals surface area contributed by atoms with Gasteiger partial charge in [-0.05, 0) is 17.7 Å². The standard InChI is InChI=1S/C9H5Cl2N3/c10-7-4-2-1-3-6(7)8-5-12-14-9(11)13-8/h1-5H. The maximum absolute atomic E-state index is 5.98. The molecule has 0 aliphatic carbocycles. The predicted molar refractivity (Wildman–Crippen MR) is 55.3 cm³/mol. The molecule has 0 N–H and O–H groups in total. The summed E-state index contributed by atoms with van der Waals surface area (Å²) >= 11 is 11.6. The quantitative estimate of drug-likeness (QED) is 0.750. The molecule has 1 heterocycles. The number of hydrogen-bond donors (Lipinski definition) is 0. The zero-order chi connectivity index (χ0) is 9.97. The highest BCUT2D eigenvalue weighted by molar-refractivity contribution is 6.33. The molecule has 0 saturated carbocycles. The predicted octanol–water partition coefficient (Wildman–Crippen LogP) is 2.85.